The van der Waals surface area contributed by atoms with Crippen molar-refractivity contribution in [1.29, 1.82) is 0 Å². The zero-order valence-corrected chi connectivity index (χ0v) is 16.1. The molecule has 2 N–H and O–H groups in total. The molecule has 3 rings (SSSR count). The summed E-state index contributed by atoms with van der Waals surface area (Å²) in [6, 6.07) is 12.4. The summed E-state index contributed by atoms with van der Waals surface area (Å²) in [5.41, 5.74) is 3.60. The highest BCUT2D eigenvalue weighted by atomic mass is 15.2. The maximum absolute atomic E-state index is 4.67. The first-order chi connectivity index (χ1) is 13.2. The van der Waals surface area contributed by atoms with Crippen LogP contribution in [0.3, 0.4) is 0 Å². The predicted octanol–water partition coefficient (Wildman–Crippen LogP) is 3.14. The van der Waals surface area contributed by atoms with E-state index in [0.29, 0.717) is 6.54 Å². The first-order valence-corrected chi connectivity index (χ1v) is 9.19. The van der Waals surface area contributed by atoms with E-state index in [0.717, 1.165) is 36.3 Å². The Morgan fingerprint density at radius 2 is 1.93 bits per heavy atom. The minimum atomic E-state index is 0.569. The van der Waals surface area contributed by atoms with Gasteiger partial charge in [0.05, 0.1) is 6.54 Å². The lowest BCUT2D eigenvalue weighted by Crippen LogP contribution is -2.36. The minimum absolute atomic E-state index is 0.569. The average Bonchev–Trinajstić information content (AvgIpc) is 3.11. The lowest BCUT2D eigenvalue weighted by atomic mass is 10.1. The lowest BCUT2D eigenvalue weighted by Gasteiger charge is -2.12. The van der Waals surface area contributed by atoms with Crippen LogP contribution in [-0.4, -0.2) is 27.0 Å². The van der Waals surface area contributed by atoms with E-state index in [9.17, 15) is 0 Å². The summed E-state index contributed by atoms with van der Waals surface area (Å²) in [6.07, 6.45) is 5.55. The Bertz CT molecular complexity index is 895. The SMILES string of the molecule is CCNC(=NCc1ccc(-n2ccnc2C)nc1)NCc1ccccc1C. The summed E-state index contributed by atoms with van der Waals surface area (Å²) >= 11 is 0. The summed E-state index contributed by atoms with van der Waals surface area (Å²) in [5, 5.41) is 6.69. The van der Waals surface area contributed by atoms with Gasteiger partial charge in [0.15, 0.2) is 5.96 Å². The van der Waals surface area contributed by atoms with Crippen molar-refractivity contribution >= 4 is 5.96 Å². The van der Waals surface area contributed by atoms with E-state index in [1.165, 1.54) is 11.1 Å². The van der Waals surface area contributed by atoms with Gasteiger partial charge in [-0.05, 0) is 43.5 Å². The molecule has 0 unspecified atom stereocenters. The van der Waals surface area contributed by atoms with E-state index in [1.54, 1.807) is 6.20 Å². The smallest absolute Gasteiger partial charge is 0.191 e. The molecule has 0 spiro atoms. The molecule has 2 aromatic heterocycles. The quantitative estimate of drug-likeness (QED) is 0.522. The van der Waals surface area contributed by atoms with E-state index < -0.39 is 0 Å². The molecule has 1 aromatic carbocycles. The van der Waals surface area contributed by atoms with Gasteiger partial charge in [-0.1, -0.05) is 30.3 Å². The molecule has 0 atom stereocenters. The Balaban J connectivity index is 1.64. The minimum Gasteiger partial charge on any atom is -0.357 e. The molecule has 140 valence electrons. The van der Waals surface area contributed by atoms with Gasteiger partial charge < -0.3 is 10.6 Å². The summed E-state index contributed by atoms with van der Waals surface area (Å²) in [5.74, 6) is 2.58. The van der Waals surface area contributed by atoms with Crippen LogP contribution in [0.4, 0.5) is 0 Å². The molecule has 0 fully saturated rings. The molecule has 0 aliphatic heterocycles. The topological polar surface area (TPSA) is 67.1 Å². The Hall–Kier alpha value is -3.15. The average molecular weight is 362 g/mol. The molecule has 2 heterocycles. The number of hydrogen-bond acceptors (Lipinski definition) is 3. The molecule has 0 aliphatic rings. The number of pyridine rings is 1. The fourth-order valence-electron chi connectivity index (χ4n) is 2.77. The van der Waals surface area contributed by atoms with Crippen molar-refractivity contribution in [3.8, 4) is 5.82 Å². The Labute approximate surface area is 160 Å². The number of aromatic nitrogens is 3. The van der Waals surface area contributed by atoms with Crippen molar-refractivity contribution < 1.29 is 0 Å². The van der Waals surface area contributed by atoms with Gasteiger partial charge in [0.1, 0.15) is 11.6 Å². The Morgan fingerprint density at radius 1 is 1.07 bits per heavy atom. The molecule has 0 radical (unpaired) electrons. The van der Waals surface area contributed by atoms with Gasteiger partial charge >= 0.3 is 0 Å². The number of aliphatic imine (C=N–C) groups is 1. The first-order valence-electron chi connectivity index (χ1n) is 9.19. The normalized spacial score (nSPS) is 11.4. The number of hydrogen-bond donors (Lipinski definition) is 2. The fourth-order valence-corrected chi connectivity index (χ4v) is 2.77. The van der Waals surface area contributed by atoms with Crippen LogP contribution in [0.15, 0.2) is 60.0 Å². The standard InChI is InChI=1S/C21H26N6/c1-4-22-21(26-15-19-8-6-5-7-16(19)2)25-14-18-9-10-20(24-13-18)27-12-11-23-17(27)3/h5-13H,4,14-15H2,1-3H3,(H2,22,25,26). The molecule has 3 aromatic rings. The molecule has 6 nitrogen and oxygen atoms in total. The van der Waals surface area contributed by atoms with Crippen molar-refractivity contribution in [1.82, 2.24) is 25.2 Å². The van der Waals surface area contributed by atoms with Crippen LogP contribution in [0.2, 0.25) is 0 Å². The summed E-state index contributed by atoms with van der Waals surface area (Å²) < 4.78 is 1.96. The van der Waals surface area contributed by atoms with Gasteiger partial charge in [-0.2, -0.15) is 0 Å². The number of imidazole rings is 1. The van der Waals surface area contributed by atoms with Crippen molar-refractivity contribution in [2.75, 3.05) is 6.54 Å². The Morgan fingerprint density at radius 3 is 2.59 bits per heavy atom. The molecule has 0 aliphatic carbocycles. The van der Waals surface area contributed by atoms with Gasteiger partial charge in [0, 0.05) is 31.7 Å². The molecule has 6 heteroatoms. The number of benzene rings is 1. The van der Waals surface area contributed by atoms with Crippen molar-refractivity contribution in [2.24, 2.45) is 4.99 Å². The summed E-state index contributed by atoms with van der Waals surface area (Å²) in [4.78, 5) is 13.4. The van der Waals surface area contributed by atoms with Gasteiger partial charge in [-0.15, -0.1) is 0 Å². The monoisotopic (exact) mass is 362 g/mol. The van der Waals surface area contributed by atoms with Crippen LogP contribution >= 0.6 is 0 Å². The molecule has 0 saturated heterocycles. The van der Waals surface area contributed by atoms with Crippen LogP contribution in [-0.2, 0) is 13.1 Å². The maximum atomic E-state index is 4.67. The first kappa shape index (κ1) is 18.6. The van der Waals surface area contributed by atoms with E-state index >= 15 is 0 Å². The van der Waals surface area contributed by atoms with E-state index in [-0.39, 0.29) is 0 Å². The molecular formula is C21H26N6. The third kappa shape index (κ3) is 4.94. The highest BCUT2D eigenvalue weighted by Gasteiger charge is 2.03. The van der Waals surface area contributed by atoms with Crippen molar-refractivity contribution in [3.63, 3.8) is 0 Å². The van der Waals surface area contributed by atoms with Gasteiger partial charge in [-0.3, -0.25) is 4.57 Å². The third-order valence-electron chi connectivity index (χ3n) is 4.35. The summed E-state index contributed by atoms with van der Waals surface area (Å²) in [6.45, 7) is 8.28. The highest BCUT2D eigenvalue weighted by molar-refractivity contribution is 5.79. The van der Waals surface area contributed by atoms with Crippen LogP contribution < -0.4 is 10.6 Å². The number of aryl methyl sites for hydroxylation is 2. The second-order valence-corrected chi connectivity index (χ2v) is 6.34. The predicted molar refractivity (Wildman–Crippen MR) is 109 cm³/mol. The number of nitrogens with one attached hydrogen (secondary N) is 2. The number of rotatable bonds is 6. The maximum Gasteiger partial charge on any atom is 0.191 e. The highest BCUT2D eigenvalue weighted by Crippen LogP contribution is 2.09. The van der Waals surface area contributed by atoms with Gasteiger partial charge in [-0.25, -0.2) is 15.0 Å². The van der Waals surface area contributed by atoms with E-state index in [1.807, 2.05) is 30.0 Å². The van der Waals surface area contributed by atoms with Gasteiger partial charge in [0.25, 0.3) is 0 Å². The van der Waals surface area contributed by atoms with Gasteiger partial charge in [0.2, 0.25) is 0 Å². The van der Waals surface area contributed by atoms with E-state index in [4.69, 9.17) is 0 Å². The summed E-state index contributed by atoms with van der Waals surface area (Å²) in [7, 11) is 0. The third-order valence-corrected chi connectivity index (χ3v) is 4.35. The zero-order chi connectivity index (χ0) is 19.1. The van der Waals surface area contributed by atoms with Crippen molar-refractivity contribution in [2.45, 2.75) is 33.9 Å². The second-order valence-electron chi connectivity index (χ2n) is 6.34. The van der Waals surface area contributed by atoms with Crippen LogP contribution in [0.5, 0.6) is 0 Å². The zero-order valence-electron chi connectivity index (χ0n) is 16.1. The number of nitrogens with zero attached hydrogens (tertiary/aromatic N) is 4. The van der Waals surface area contributed by atoms with E-state index in [2.05, 4.69) is 69.8 Å². The Kier molecular flexibility index (Phi) is 6.20. The molecule has 0 amide bonds. The van der Waals surface area contributed by atoms with Crippen LogP contribution in [0.25, 0.3) is 5.82 Å². The fraction of sp³-hybridized carbons (Fsp3) is 0.286. The van der Waals surface area contributed by atoms with Crippen molar-refractivity contribution in [3.05, 3.63) is 77.5 Å². The largest absolute Gasteiger partial charge is 0.357 e. The van der Waals surface area contributed by atoms with Crippen LogP contribution in [0, 0.1) is 13.8 Å². The molecule has 27 heavy (non-hydrogen) atoms. The lowest BCUT2D eigenvalue weighted by molar-refractivity contribution is 0.812. The molecule has 0 saturated carbocycles. The second kappa shape index (κ2) is 8.98. The number of guanidine groups is 1. The molecule has 0 bridgehead atoms. The van der Waals surface area contributed by atoms with Crippen LogP contribution in [0.1, 0.15) is 29.4 Å². The molecular weight excluding hydrogens is 336 g/mol.